The molecule has 0 saturated heterocycles. The number of nitrogens with one attached hydrogen (secondary N) is 1. The van der Waals surface area contributed by atoms with Crippen LogP contribution in [0.25, 0.3) is 5.82 Å². The molecule has 0 fully saturated rings. The zero-order chi connectivity index (χ0) is 16.8. The van der Waals surface area contributed by atoms with Gasteiger partial charge in [-0.15, -0.1) is 0 Å². The zero-order valence-electron chi connectivity index (χ0n) is 13.3. The molecule has 24 heavy (non-hydrogen) atoms. The number of aryl methyl sites for hydroxylation is 1. The van der Waals surface area contributed by atoms with Gasteiger partial charge in [0.15, 0.2) is 5.82 Å². The third kappa shape index (κ3) is 3.60. The molecule has 1 aromatic carbocycles. The molecule has 3 aromatic rings. The van der Waals surface area contributed by atoms with E-state index in [2.05, 4.69) is 15.4 Å². The highest BCUT2D eigenvalue weighted by atomic mass is 16.5. The molecule has 0 atom stereocenters. The molecular weight excluding hydrogens is 304 g/mol. The van der Waals surface area contributed by atoms with Crippen LogP contribution in [0.15, 0.2) is 61.1 Å². The Morgan fingerprint density at radius 1 is 1.17 bits per heavy atom. The molecule has 6 nitrogen and oxygen atoms in total. The number of hydrogen-bond donors (Lipinski definition) is 1. The van der Waals surface area contributed by atoms with Crippen molar-refractivity contribution in [3.8, 4) is 11.6 Å². The summed E-state index contributed by atoms with van der Waals surface area (Å²) in [5.74, 6) is 1.30. The third-order valence-electron chi connectivity index (χ3n) is 3.60. The van der Waals surface area contributed by atoms with Gasteiger partial charge >= 0.3 is 0 Å². The molecule has 1 amide bonds. The summed E-state index contributed by atoms with van der Waals surface area (Å²) in [5, 5.41) is 7.06. The van der Waals surface area contributed by atoms with E-state index in [1.54, 1.807) is 36.4 Å². The van der Waals surface area contributed by atoms with E-state index in [-0.39, 0.29) is 5.91 Å². The van der Waals surface area contributed by atoms with E-state index in [9.17, 15) is 4.79 Å². The molecule has 6 heteroatoms. The second-order valence-electron chi connectivity index (χ2n) is 5.19. The summed E-state index contributed by atoms with van der Waals surface area (Å²) in [6, 6.07) is 13.1. The number of methoxy groups -OCH3 is 1. The van der Waals surface area contributed by atoms with Crippen LogP contribution in [-0.4, -0.2) is 27.8 Å². The van der Waals surface area contributed by atoms with E-state index in [4.69, 9.17) is 4.74 Å². The fourth-order valence-electron chi connectivity index (χ4n) is 2.44. The quantitative estimate of drug-likeness (QED) is 0.757. The van der Waals surface area contributed by atoms with Crippen LogP contribution in [0.4, 0.5) is 5.69 Å². The van der Waals surface area contributed by atoms with Crippen LogP contribution in [0, 0.1) is 0 Å². The first-order chi connectivity index (χ1) is 11.8. The molecule has 0 saturated carbocycles. The van der Waals surface area contributed by atoms with Gasteiger partial charge in [-0.3, -0.25) is 4.79 Å². The maximum Gasteiger partial charge on any atom is 0.224 e. The number of amides is 1. The minimum Gasteiger partial charge on any atom is -0.496 e. The lowest BCUT2D eigenvalue weighted by Crippen LogP contribution is -2.15. The van der Waals surface area contributed by atoms with Crippen LogP contribution < -0.4 is 10.1 Å². The summed E-state index contributed by atoms with van der Waals surface area (Å²) in [6.45, 7) is 0. The van der Waals surface area contributed by atoms with Crippen molar-refractivity contribution in [2.75, 3.05) is 12.4 Å². The highest BCUT2D eigenvalue weighted by molar-refractivity contribution is 5.92. The molecule has 122 valence electrons. The van der Waals surface area contributed by atoms with Crippen molar-refractivity contribution in [1.82, 2.24) is 14.8 Å². The minimum absolute atomic E-state index is 0.0812. The number of para-hydroxylation sites is 1. The van der Waals surface area contributed by atoms with Crippen LogP contribution >= 0.6 is 0 Å². The van der Waals surface area contributed by atoms with Crippen LogP contribution in [0.5, 0.6) is 5.75 Å². The number of nitrogens with zero attached hydrogens (tertiary/aromatic N) is 3. The Morgan fingerprint density at radius 3 is 2.83 bits per heavy atom. The van der Waals surface area contributed by atoms with Crippen LogP contribution in [0.2, 0.25) is 0 Å². The second kappa shape index (κ2) is 7.41. The van der Waals surface area contributed by atoms with Gasteiger partial charge in [0.25, 0.3) is 0 Å². The number of aromatic nitrogens is 3. The van der Waals surface area contributed by atoms with Crippen molar-refractivity contribution in [2.45, 2.75) is 12.8 Å². The Balaban J connectivity index is 1.68. The van der Waals surface area contributed by atoms with Gasteiger partial charge in [-0.2, -0.15) is 5.10 Å². The Labute approximate surface area is 140 Å². The number of carbonyl (C=O) groups is 1. The molecule has 0 aliphatic carbocycles. The van der Waals surface area contributed by atoms with Crippen molar-refractivity contribution < 1.29 is 9.53 Å². The van der Waals surface area contributed by atoms with Gasteiger partial charge in [-0.05, 0) is 36.2 Å². The topological polar surface area (TPSA) is 69.0 Å². The van der Waals surface area contributed by atoms with Gasteiger partial charge in [-0.1, -0.05) is 18.2 Å². The van der Waals surface area contributed by atoms with E-state index in [1.165, 1.54) is 0 Å². The van der Waals surface area contributed by atoms with E-state index >= 15 is 0 Å². The minimum atomic E-state index is -0.0812. The molecule has 0 spiro atoms. The monoisotopic (exact) mass is 322 g/mol. The van der Waals surface area contributed by atoms with E-state index in [1.807, 2.05) is 36.4 Å². The molecular formula is C18H18N4O2. The lowest BCUT2D eigenvalue weighted by Gasteiger charge is -2.11. The summed E-state index contributed by atoms with van der Waals surface area (Å²) in [5.41, 5.74) is 1.64. The summed E-state index contributed by atoms with van der Waals surface area (Å²) >= 11 is 0. The van der Waals surface area contributed by atoms with Gasteiger partial charge in [0.2, 0.25) is 5.91 Å². The lowest BCUT2D eigenvalue weighted by molar-refractivity contribution is -0.116. The number of benzene rings is 1. The number of anilines is 1. The van der Waals surface area contributed by atoms with Gasteiger partial charge in [0.05, 0.1) is 12.8 Å². The largest absolute Gasteiger partial charge is 0.496 e. The smallest absolute Gasteiger partial charge is 0.224 e. The maximum atomic E-state index is 12.3. The Bertz CT molecular complexity index is 815. The first kappa shape index (κ1) is 15.7. The summed E-state index contributed by atoms with van der Waals surface area (Å²) in [7, 11) is 1.63. The van der Waals surface area contributed by atoms with Crippen molar-refractivity contribution in [1.29, 1.82) is 0 Å². The van der Waals surface area contributed by atoms with Gasteiger partial charge in [-0.25, -0.2) is 9.67 Å². The number of ether oxygens (including phenoxy) is 1. The van der Waals surface area contributed by atoms with Crippen LogP contribution in [0.3, 0.4) is 0 Å². The molecule has 1 N–H and O–H groups in total. The van der Waals surface area contributed by atoms with Crippen molar-refractivity contribution in [3.63, 3.8) is 0 Å². The third-order valence-corrected chi connectivity index (χ3v) is 3.60. The average molecular weight is 322 g/mol. The molecule has 2 heterocycles. The zero-order valence-corrected chi connectivity index (χ0v) is 13.3. The highest BCUT2D eigenvalue weighted by Crippen LogP contribution is 2.20. The molecule has 3 rings (SSSR count). The van der Waals surface area contributed by atoms with Gasteiger partial charge < -0.3 is 10.1 Å². The maximum absolute atomic E-state index is 12.3. The average Bonchev–Trinajstić information content (AvgIpc) is 3.15. The van der Waals surface area contributed by atoms with E-state index in [0.29, 0.717) is 24.3 Å². The van der Waals surface area contributed by atoms with Gasteiger partial charge in [0, 0.05) is 25.0 Å². The first-order valence-corrected chi connectivity index (χ1v) is 7.64. The molecule has 0 aliphatic heterocycles. The standard InChI is InChI=1S/C18H18N4O2/c1-24-16-8-3-2-6-14(16)9-10-17(23)21-15-7-4-11-19-18(15)22-13-5-12-20-22/h2-8,11-13H,9-10H2,1H3,(H,21,23). The fourth-order valence-corrected chi connectivity index (χ4v) is 2.44. The predicted molar refractivity (Wildman–Crippen MR) is 91.3 cm³/mol. The Kier molecular flexibility index (Phi) is 4.86. The van der Waals surface area contributed by atoms with Crippen molar-refractivity contribution >= 4 is 11.6 Å². The predicted octanol–water partition coefficient (Wildman–Crippen LogP) is 2.85. The molecule has 2 aromatic heterocycles. The highest BCUT2D eigenvalue weighted by Gasteiger charge is 2.11. The molecule has 0 aliphatic rings. The number of rotatable bonds is 6. The molecule has 0 bridgehead atoms. The normalized spacial score (nSPS) is 10.4. The fraction of sp³-hybridized carbons (Fsp3) is 0.167. The van der Waals surface area contributed by atoms with E-state index in [0.717, 1.165) is 11.3 Å². The lowest BCUT2D eigenvalue weighted by atomic mass is 10.1. The van der Waals surface area contributed by atoms with Gasteiger partial charge in [0.1, 0.15) is 5.75 Å². The SMILES string of the molecule is COc1ccccc1CCC(=O)Nc1cccnc1-n1cccn1. The first-order valence-electron chi connectivity index (χ1n) is 7.64. The molecule has 0 unspecified atom stereocenters. The summed E-state index contributed by atoms with van der Waals surface area (Å²) in [4.78, 5) is 16.6. The van der Waals surface area contributed by atoms with Crippen LogP contribution in [0.1, 0.15) is 12.0 Å². The number of carbonyl (C=O) groups excluding carboxylic acids is 1. The number of pyridine rings is 1. The summed E-state index contributed by atoms with van der Waals surface area (Å²) in [6.07, 6.45) is 6.08. The van der Waals surface area contributed by atoms with Crippen molar-refractivity contribution in [2.24, 2.45) is 0 Å². The molecule has 0 radical (unpaired) electrons. The summed E-state index contributed by atoms with van der Waals surface area (Å²) < 4.78 is 6.93. The Hall–Kier alpha value is -3.15. The van der Waals surface area contributed by atoms with Crippen molar-refractivity contribution in [3.05, 3.63) is 66.6 Å². The second-order valence-corrected chi connectivity index (χ2v) is 5.19. The Morgan fingerprint density at radius 2 is 2.04 bits per heavy atom. The van der Waals surface area contributed by atoms with Crippen LogP contribution in [-0.2, 0) is 11.2 Å². The van der Waals surface area contributed by atoms with E-state index < -0.39 is 0 Å². The number of hydrogen-bond acceptors (Lipinski definition) is 4.